The van der Waals surface area contributed by atoms with Crippen molar-refractivity contribution in [2.24, 2.45) is 0 Å². The quantitative estimate of drug-likeness (QED) is 0.362. The minimum Gasteiger partial charge on any atom is -0.399 e. The van der Waals surface area contributed by atoms with Crippen LogP contribution in [-0.2, 0) is 0 Å². The number of rotatable bonds is 6. The van der Waals surface area contributed by atoms with Crippen LogP contribution in [-0.4, -0.2) is 53.1 Å². The molecule has 0 aliphatic heterocycles. The summed E-state index contributed by atoms with van der Waals surface area (Å²) in [5.41, 5.74) is 10.2. The number of aryl methyl sites for hydroxylation is 1. The molecule has 8 nitrogen and oxygen atoms in total. The molecule has 1 aromatic carbocycles. The maximum Gasteiger partial charge on any atom is 0.168 e. The van der Waals surface area contributed by atoms with Gasteiger partial charge in [0.1, 0.15) is 11.5 Å². The third kappa shape index (κ3) is 6.07. The van der Waals surface area contributed by atoms with E-state index < -0.39 is 0 Å². The fraction of sp³-hybridized carbons (Fsp3) is 0.273. The van der Waals surface area contributed by atoms with Crippen molar-refractivity contribution in [3.63, 3.8) is 0 Å². The van der Waals surface area contributed by atoms with Crippen LogP contribution in [0.15, 0.2) is 42.6 Å². The summed E-state index contributed by atoms with van der Waals surface area (Å²) in [6.07, 6.45) is 2.23. The molecule has 0 aliphatic rings. The van der Waals surface area contributed by atoms with Gasteiger partial charge in [-0.3, -0.25) is 9.78 Å². The van der Waals surface area contributed by atoms with E-state index in [0.29, 0.717) is 40.6 Å². The molecule has 158 valence electrons. The van der Waals surface area contributed by atoms with E-state index in [4.69, 9.17) is 5.73 Å². The molecule has 0 saturated heterocycles. The van der Waals surface area contributed by atoms with E-state index in [0.717, 1.165) is 11.1 Å². The zero-order valence-corrected chi connectivity index (χ0v) is 17.7. The number of nitrogen functional groups attached to an aromatic ring is 1. The minimum absolute atomic E-state index is 0.0312. The molecule has 3 rings (SSSR count). The highest BCUT2D eigenvalue weighted by molar-refractivity contribution is 5.76. The highest BCUT2D eigenvalue weighted by Gasteiger charge is 2.13. The van der Waals surface area contributed by atoms with Gasteiger partial charge in [-0.15, -0.1) is 0 Å². The first-order valence-corrected chi connectivity index (χ1v) is 9.54. The topological polar surface area (TPSA) is 126 Å². The Labute approximate surface area is 176 Å². The van der Waals surface area contributed by atoms with Gasteiger partial charge in [0.05, 0.1) is 12.3 Å². The van der Waals surface area contributed by atoms with Crippen LogP contribution in [0.25, 0.3) is 22.6 Å². The summed E-state index contributed by atoms with van der Waals surface area (Å²) in [5, 5.41) is 15.3. The van der Waals surface area contributed by atoms with Crippen LogP contribution in [0.3, 0.4) is 0 Å². The number of aliphatic hydroxyl groups excluding tert-OH is 1. The summed E-state index contributed by atoms with van der Waals surface area (Å²) in [6, 6.07) is 10.7. The SMILES string of the molecule is CNC.Cc1ccc(N)cc1-c1cc(N[C@H](C)CO)nc(-c2ccnc(C=O)c2)n1. The molecular formula is C22H28N6O2. The Hall–Kier alpha value is -3.36. The first-order chi connectivity index (χ1) is 14.4. The van der Waals surface area contributed by atoms with Gasteiger partial charge in [0.2, 0.25) is 0 Å². The molecule has 2 aromatic heterocycles. The van der Waals surface area contributed by atoms with Gasteiger partial charge in [0.15, 0.2) is 12.1 Å². The van der Waals surface area contributed by atoms with Gasteiger partial charge < -0.3 is 21.5 Å². The summed E-state index contributed by atoms with van der Waals surface area (Å²) >= 11 is 0. The van der Waals surface area contributed by atoms with Crippen molar-refractivity contribution in [2.75, 3.05) is 31.8 Å². The minimum atomic E-state index is -0.175. The number of aldehydes is 1. The van der Waals surface area contributed by atoms with Crippen LogP contribution in [0.1, 0.15) is 23.0 Å². The Balaban J connectivity index is 0.00000101. The summed E-state index contributed by atoms with van der Waals surface area (Å²) in [6.45, 7) is 3.80. The van der Waals surface area contributed by atoms with Crippen LogP contribution in [0.5, 0.6) is 0 Å². The highest BCUT2D eigenvalue weighted by Crippen LogP contribution is 2.28. The lowest BCUT2D eigenvalue weighted by Crippen LogP contribution is -2.20. The van der Waals surface area contributed by atoms with Crippen molar-refractivity contribution in [1.82, 2.24) is 20.3 Å². The fourth-order valence-electron chi connectivity index (χ4n) is 2.65. The molecule has 0 fully saturated rings. The summed E-state index contributed by atoms with van der Waals surface area (Å²) in [5.74, 6) is 1.02. The van der Waals surface area contributed by atoms with Crippen LogP contribution in [0, 0.1) is 6.92 Å². The zero-order valence-electron chi connectivity index (χ0n) is 17.7. The number of carbonyl (C=O) groups is 1. The first-order valence-electron chi connectivity index (χ1n) is 9.54. The standard InChI is InChI=1S/C20H21N5O2.C2H7N/c1-12-3-4-15(21)8-17(12)18-9-19(23-13(2)10-26)25-20(24-18)14-5-6-22-16(7-14)11-27;1-3-2/h3-9,11,13,26H,10,21H2,1-2H3,(H,23,24,25);3H,1-2H3/t13-;/m1./s1. The van der Waals surface area contributed by atoms with E-state index in [1.54, 1.807) is 18.3 Å². The number of benzene rings is 1. The van der Waals surface area contributed by atoms with Crippen molar-refractivity contribution in [3.05, 3.63) is 53.9 Å². The normalized spacial score (nSPS) is 11.2. The average Bonchev–Trinajstić information content (AvgIpc) is 2.75. The van der Waals surface area contributed by atoms with Crippen LogP contribution >= 0.6 is 0 Å². The Morgan fingerprint density at radius 2 is 1.90 bits per heavy atom. The van der Waals surface area contributed by atoms with Gasteiger partial charge in [-0.05, 0) is 57.8 Å². The number of aliphatic hydroxyl groups is 1. The van der Waals surface area contributed by atoms with E-state index in [1.807, 2.05) is 52.2 Å². The Morgan fingerprint density at radius 3 is 2.57 bits per heavy atom. The molecule has 0 bridgehead atoms. The molecule has 1 atom stereocenters. The smallest absolute Gasteiger partial charge is 0.168 e. The van der Waals surface area contributed by atoms with Crippen molar-refractivity contribution >= 4 is 17.8 Å². The number of nitrogens with zero attached hydrogens (tertiary/aromatic N) is 3. The van der Waals surface area contributed by atoms with E-state index in [1.165, 1.54) is 0 Å². The second kappa shape index (κ2) is 11.0. The van der Waals surface area contributed by atoms with Crippen molar-refractivity contribution < 1.29 is 9.90 Å². The molecule has 2 heterocycles. The number of nitrogens with one attached hydrogen (secondary N) is 2. The molecule has 0 amide bonds. The van der Waals surface area contributed by atoms with E-state index in [2.05, 4.69) is 25.6 Å². The average molecular weight is 409 g/mol. The van der Waals surface area contributed by atoms with Crippen molar-refractivity contribution in [2.45, 2.75) is 19.9 Å². The van der Waals surface area contributed by atoms with Gasteiger partial charge in [-0.25, -0.2) is 9.97 Å². The second-order valence-electron chi connectivity index (χ2n) is 6.85. The Morgan fingerprint density at radius 1 is 1.17 bits per heavy atom. The van der Waals surface area contributed by atoms with Gasteiger partial charge in [-0.1, -0.05) is 6.07 Å². The predicted octanol–water partition coefficient (Wildman–Crippen LogP) is 2.54. The Kier molecular flexibility index (Phi) is 8.40. The molecule has 30 heavy (non-hydrogen) atoms. The van der Waals surface area contributed by atoms with E-state index >= 15 is 0 Å². The number of hydrogen-bond acceptors (Lipinski definition) is 8. The molecule has 0 aliphatic carbocycles. The molecule has 0 saturated carbocycles. The molecule has 0 radical (unpaired) electrons. The van der Waals surface area contributed by atoms with Crippen LogP contribution in [0.4, 0.5) is 11.5 Å². The van der Waals surface area contributed by atoms with E-state index in [-0.39, 0.29) is 12.6 Å². The predicted molar refractivity (Wildman–Crippen MR) is 120 cm³/mol. The number of hydrogen-bond donors (Lipinski definition) is 4. The van der Waals surface area contributed by atoms with Gasteiger partial charge in [0.25, 0.3) is 0 Å². The molecule has 0 unspecified atom stereocenters. The number of carbonyl (C=O) groups excluding carboxylic acids is 1. The summed E-state index contributed by atoms with van der Waals surface area (Å²) in [7, 11) is 3.75. The number of aromatic nitrogens is 3. The van der Waals surface area contributed by atoms with Gasteiger partial charge in [0, 0.05) is 35.1 Å². The molecule has 3 aromatic rings. The molecule has 8 heteroatoms. The lowest BCUT2D eigenvalue weighted by Gasteiger charge is -2.15. The summed E-state index contributed by atoms with van der Waals surface area (Å²) in [4.78, 5) is 24.2. The number of nitrogens with two attached hydrogens (primary N) is 1. The second-order valence-corrected chi connectivity index (χ2v) is 6.85. The largest absolute Gasteiger partial charge is 0.399 e. The number of pyridine rings is 1. The van der Waals surface area contributed by atoms with Crippen molar-refractivity contribution in [1.29, 1.82) is 0 Å². The maximum atomic E-state index is 11.1. The zero-order chi connectivity index (χ0) is 22.1. The first kappa shape index (κ1) is 22.9. The summed E-state index contributed by atoms with van der Waals surface area (Å²) < 4.78 is 0. The van der Waals surface area contributed by atoms with Crippen LogP contribution in [0.2, 0.25) is 0 Å². The lowest BCUT2D eigenvalue weighted by molar-refractivity contribution is 0.111. The molecule has 0 spiro atoms. The van der Waals surface area contributed by atoms with E-state index in [9.17, 15) is 9.90 Å². The lowest BCUT2D eigenvalue weighted by atomic mass is 10.0. The van der Waals surface area contributed by atoms with Crippen molar-refractivity contribution in [3.8, 4) is 22.6 Å². The maximum absolute atomic E-state index is 11.1. The monoisotopic (exact) mass is 408 g/mol. The highest BCUT2D eigenvalue weighted by atomic mass is 16.3. The van der Waals surface area contributed by atoms with Gasteiger partial charge in [-0.2, -0.15) is 0 Å². The Bertz CT molecular complexity index is 993. The van der Waals surface area contributed by atoms with Gasteiger partial charge >= 0.3 is 0 Å². The molecular weight excluding hydrogens is 380 g/mol. The fourth-order valence-corrected chi connectivity index (χ4v) is 2.65. The third-order valence-corrected chi connectivity index (χ3v) is 4.09. The third-order valence-electron chi connectivity index (χ3n) is 4.09. The number of anilines is 2. The van der Waals surface area contributed by atoms with Crippen LogP contribution < -0.4 is 16.4 Å². The molecule has 5 N–H and O–H groups in total.